The van der Waals surface area contributed by atoms with Crippen molar-refractivity contribution < 1.29 is 4.79 Å². The highest BCUT2D eigenvalue weighted by Crippen LogP contribution is 2.27. The summed E-state index contributed by atoms with van der Waals surface area (Å²) in [5, 5.41) is 0. The summed E-state index contributed by atoms with van der Waals surface area (Å²) in [6.07, 6.45) is 4.83. The van der Waals surface area contributed by atoms with Crippen molar-refractivity contribution in [2.24, 2.45) is 0 Å². The van der Waals surface area contributed by atoms with E-state index in [0.717, 1.165) is 36.2 Å². The molecule has 1 aromatic carbocycles. The van der Waals surface area contributed by atoms with Crippen LogP contribution in [0.3, 0.4) is 0 Å². The normalized spacial score (nSPS) is 24.1. The summed E-state index contributed by atoms with van der Waals surface area (Å²) in [5.41, 5.74) is 3.11. The van der Waals surface area contributed by atoms with Crippen LogP contribution in [0.2, 0.25) is 0 Å². The monoisotopic (exact) mass is 258 g/mol. The molecule has 0 saturated carbocycles. The van der Waals surface area contributed by atoms with Crippen LogP contribution in [0.1, 0.15) is 35.2 Å². The second-order valence-corrected chi connectivity index (χ2v) is 5.81. The van der Waals surface area contributed by atoms with Gasteiger partial charge in [0.05, 0.1) is 0 Å². The van der Waals surface area contributed by atoms with E-state index in [9.17, 15) is 4.79 Å². The third-order valence-corrected chi connectivity index (χ3v) is 4.45. The first-order chi connectivity index (χ1) is 9.28. The Hall–Kier alpha value is -1.35. The fraction of sp³-hybridized carbons (Fsp3) is 0.562. The van der Waals surface area contributed by atoms with Gasteiger partial charge in [-0.3, -0.25) is 9.69 Å². The van der Waals surface area contributed by atoms with E-state index in [0.29, 0.717) is 6.04 Å². The van der Waals surface area contributed by atoms with Crippen LogP contribution < -0.4 is 4.90 Å². The lowest BCUT2D eigenvalue weighted by Crippen LogP contribution is -2.37. The number of rotatable bonds is 2. The molecular formula is C16H22N2O. The van der Waals surface area contributed by atoms with Crippen LogP contribution >= 0.6 is 0 Å². The average Bonchev–Trinajstić information content (AvgIpc) is 2.76. The standard InChI is InChI=1S/C16H22N2O/c1-13-5-6-16(14(10-13)12-19)18-9-3-8-17-7-2-4-15(17)11-18/h5-6,10,12,15H,2-4,7-9,11H2,1H3. The lowest BCUT2D eigenvalue weighted by molar-refractivity contribution is 0.112. The molecule has 0 aliphatic carbocycles. The molecule has 2 heterocycles. The zero-order valence-corrected chi connectivity index (χ0v) is 11.6. The predicted octanol–water partition coefficient (Wildman–Crippen LogP) is 2.48. The maximum Gasteiger partial charge on any atom is 0.152 e. The Balaban J connectivity index is 1.86. The molecule has 0 spiro atoms. The van der Waals surface area contributed by atoms with Crippen LogP contribution in [0.15, 0.2) is 18.2 Å². The zero-order chi connectivity index (χ0) is 13.2. The van der Waals surface area contributed by atoms with Crippen LogP contribution in [-0.2, 0) is 0 Å². The third-order valence-electron chi connectivity index (χ3n) is 4.45. The molecule has 2 saturated heterocycles. The van der Waals surface area contributed by atoms with E-state index in [1.54, 1.807) is 0 Å². The SMILES string of the molecule is Cc1ccc(N2CCCN3CCCC3C2)c(C=O)c1. The molecule has 0 bridgehead atoms. The van der Waals surface area contributed by atoms with E-state index in [4.69, 9.17) is 0 Å². The zero-order valence-electron chi connectivity index (χ0n) is 11.6. The van der Waals surface area contributed by atoms with E-state index in [-0.39, 0.29) is 0 Å². The van der Waals surface area contributed by atoms with Gasteiger partial charge in [-0.2, -0.15) is 0 Å². The van der Waals surface area contributed by atoms with Crippen molar-refractivity contribution in [1.29, 1.82) is 0 Å². The number of aldehydes is 1. The van der Waals surface area contributed by atoms with Gasteiger partial charge in [-0.05, 0) is 44.9 Å². The Morgan fingerprint density at radius 2 is 2.05 bits per heavy atom. The average molecular weight is 258 g/mol. The summed E-state index contributed by atoms with van der Waals surface area (Å²) in [6, 6.07) is 6.91. The maximum absolute atomic E-state index is 11.3. The fourth-order valence-electron chi connectivity index (χ4n) is 3.48. The van der Waals surface area contributed by atoms with E-state index in [2.05, 4.69) is 21.9 Å². The first-order valence-corrected chi connectivity index (χ1v) is 7.33. The molecule has 1 unspecified atom stereocenters. The van der Waals surface area contributed by atoms with Gasteiger partial charge in [0.15, 0.2) is 6.29 Å². The predicted molar refractivity (Wildman–Crippen MR) is 78.0 cm³/mol. The summed E-state index contributed by atoms with van der Waals surface area (Å²) >= 11 is 0. The molecule has 0 aromatic heterocycles. The molecule has 0 amide bonds. The Morgan fingerprint density at radius 1 is 1.21 bits per heavy atom. The van der Waals surface area contributed by atoms with Gasteiger partial charge in [-0.15, -0.1) is 0 Å². The Bertz CT molecular complexity index is 472. The molecule has 3 nitrogen and oxygen atoms in total. The third kappa shape index (κ3) is 2.52. The van der Waals surface area contributed by atoms with E-state index < -0.39 is 0 Å². The number of aryl methyl sites for hydroxylation is 1. The van der Waals surface area contributed by atoms with Crippen LogP contribution in [0.5, 0.6) is 0 Å². The molecule has 0 radical (unpaired) electrons. The summed E-state index contributed by atoms with van der Waals surface area (Å²) in [4.78, 5) is 16.3. The van der Waals surface area contributed by atoms with Crippen molar-refractivity contribution in [3.8, 4) is 0 Å². The molecule has 2 aliphatic rings. The quantitative estimate of drug-likeness (QED) is 0.761. The first-order valence-electron chi connectivity index (χ1n) is 7.33. The highest BCUT2D eigenvalue weighted by atomic mass is 16.1. The Labute approximate surface area is 115 Å². The van der Waals surface area contributed by atoms with Crippen molar-refractivity contribution in [3.05, 3.63) is 29.3 Å². The maximum atomic E-state index is 11.3. The van der Waals surface area contributed by atoms with E-state index in [1.165, 1.54) is 32.4 Å². The Morgan fingerprint density at radius 3 is 2.89 bits per heavy atom. The molecular weight excluding hydrogens is 236 g/mol. The van der Waals surface area contributed by atoms with Gasteiger partial charge in [-0.1, -0.05) is 11.6 Å². The summed E-state index contributed by atoms with van der Waals surface area (Å²) < 4.78 is 0. The number of nitrogens with zero attached hydrogens (tertiary/aromatic N) is 2. The number of hydrogen-bond donors (Lipinski definition) is 0. The number of carbonyl (C=O) groups excluding carboxylic acids is 1. The molecule has 19 heavy (non-hydrogen) atoms. The number of fused-ring (bicyclic) bond motifs is 1. The molecule has 1 atom stereocenters. The van der Waals surface area contributed by atoms with Crippen LogP contribution in [0, 0.1) is 6.92 Å². The molecule has 2 aliphatic heterocycles. The minimum absolute atomic E-state index is 0.684. The summed E-state index contributed by atoms with van der Waals surface area (Å²) in [5.74, 6) is 0. The lowest BCUT2D eigenvalue weighted by atomic mass is 10.1. The second kappa shape index (κ2) is 5.33. The molecule has 0 N–H and O–H groups in total. The minimum Gasteiger partial charge on any atom is -0.369 e. The first kappa shape index (κ1) is 12.7. The van der Waals surface area contributed by atoms with E-state index in [1.807, 2.05) is 13.0 Å². The van der Waals surface area contributed by atoms with Crippen molar-refractivity contribution in [2.75, 3.05) is 31.1 Å². The van der Waals surface area contributed by atoms with Crippen molar-refractivity contribution >= 4 is 12.0 Å². The van der Waals surface area contributed by atoms with Gasteiger partial charge < -0.3 is 4.90 Å². The second-order valence-electron chi connectivity index (χ2n) is 5.81. The molecule has 102 valence electrons. The summed E-state index contributed by atoms with van der Waals surface area (Å²) in [6.45, 7) is 6.65. The van der Waals surface area contributed by atoms with Gasteiger partial charge in [-0.25, -0.2) is 0 Å². The van der Waals surface area contributed by atoms with Gasteiger partial charge in [0, 0.05) is 36.9 Å². The number of hydrogen-bond acceptors (Lipinski definition) is 3. The van der Waals surface area contributed by atoms with Crippen LogP contribution in [0.4, 0.5) is 5.69 Å². The highest BCUT2D eigenvalue weighted by molar-refractivity contribution is 5.85. The number of benzene rings is 1. The smallest absolute Gasteiger partial charge is 0.152 e. The van der Waals surface area contributed by atoms with Gasteiger partial charge >= 0.3 is 0 Å². The van der Waals surface area contributed by atoms with Crippen LogP contribution in [0.25, 0.3) is 0 Å². The van der Waals surface area contributed by atoms with Gasteiger partial charge in [0.2, 0.25) is 0 Å². The lowest BCUT2D eigenvalue weighted by Gasteiger charge is -2.28. The topological polar surface area (TPSA) is 23.6 Å². The Kier molecular flexibility index (Phi) is 3.56. The fourth-order valence-corrected chi connectivity index (χ4v) is 3.48. The molecule has 3 rings (SSSR count). The van der Waals surface area contributed by atoms with Gasteiger partial charge in [0.25, 0.3) is 0 Å². The largest absolute Gasteiger partial charge is 0.369 e. The van der Waals surface area contributed by atoms with E-state index >= 15 is 0 Å². The van der Waals surface area contributed by atoms with Crippen LogP contribution in [-0.4, -0.2) is 43.4 Å². The van der Waals surface area contributed by atoms with Crippen molar-refractivity contribution in [1.82, 2.24) is 4.90 Å². The number of anilines is 1. The van der Waals surface area contributed by atoms with Crippen molar-refractivity contribution in [3.63, 3.8) is 0 Å². The van der Waals surface area contributed by atoms with Crippen molar-refractivity contribution in [2.45, 2.75) is 32.2 Å². The molecule has 3 heteroatoms. The molecule has 2 fully saturated rings. The highest BCUT2D eigenvalue weighted by Gasteiger charge is 2.29. The molecule has 1 aromatic rings. The van der Waals surface area contributed by atoms with Gasteiger partial charge in [0.1, 0.15) is 0 Å². The number of carbonyl (C=O) groups is 1. The summed E-state index contributed by atoms with van der Waals surface area (Å²) in [7, 11) is 0. The minimum atomic E-state index is 0.684.